The number of nitrogens with zero attached hydrogens (tertiary/aromatic N) is 1. The number of anilines is 1. The summed E-state index contributed by atoms with van der Waals surface area (Å²) >= 11 is 3.23. The number of hydrogen-bond donors (Lipinski definition) is 1. The van der Waals surface area contributed by atoms with Gasteiger partial charge in [0.05, 0.1) is 5.39 Å². The van der Waals surface area contributed by atoms with E-state index < -0.39 is 11.6 Å². The molecule has 16 heavy (non-hydrogen) atoms. The second-order valence-electron chi connectivity index (χ2n) is 3.30. The highest BCUT2D eigenvalue weighted by atomic mass is 79.9. The van der Waals surface area contributed by atoms with E-state index in [-0.39, 0.29) is 0 Å². The van der Waals surface area contributed by atoms with E-state index in [1.165, 1.54) is 12.3 Å². The van der Waals surface area contributed by atoms with Gasteiger partial charge >= 0.3 is 0 Å². The highest BCUT2D eigenvalue weighted by Gasteiger charge is 2.12. The fourth-order valence-electron chi connectivity index (χ4n) is 1.56. The molecule has 1 aromatic heterocycles. The summed E-state index contributed by atoms with van der Waals surface area (Å²) in [6.07, 6.45) is 1.53. The normalized spacial score (nSPS) is 10.8. The molecular formula is C11H9BrF2N2. The third kappa shape index (κ3) is 1.87. The lowest BCUT2D eigenvalue weighted by atomic mass is 10.1. The molecule has 2 rings (SSSR count). The Kier molecular flexibility index (Phi) is 3.05. The van der Waals surface area contributed by atoms with Crippen LogP contribution in [0.5, 0.6) is 0 Å². The molecule has 0 radical (unpaired) electrons. The fraction of sp³-hybridized carbons (Fsp3) is 0.182. The summed E-state index contributed by atoms with van der Waals surface area (Å²) in [5.41, 5.74) is 0. The quantitative estimate of drug-likeness (QED) is 0.910. The highest BCUT2D eigenvalue weighted by Crippen LogP contribution is 2.30. The fourth-order valence-corrected chi connectivity index (χ4v) is 1.97. The van der Waals surface area contributed by atoms with Gasteiger partial charge in [0.1, 0.15) is 17.5 Å². The van der Waals surface area contributed by atoms with Crippen molar-refractivity contribution in [2.24, 2.45) is 0 Å². The van der Waals surface area contributed by atoms with Crippen LogP contribution in [0, 0.1) is 11.6 Å². The Balaban J connectivity index is 2.81. The third-order valence-electron chi connectivity index (χ3n) is 2.20. The predicted molar refractivity (Wildman–Crippen MR) is 63.5 cm³/mol. The van der Waals surface area contributed by atoms with E-state index in [1.807, 2.05) is 6.92 Å². The van der Waals surface area contributed by atoms with Gasteiger partial charge in [-0.25, -0.2) is 13.8 Å². The van der Waals surface area contributed by atoms with Gasteiger partial charge in [-0.05, 0) is 28.9 Å². The Morgan fingerprint density at radius 3 is 2.81 bits per heavy atom. The van der Waals surface area contributed by atoms with Gasteiger partial charge in [-0.3, -0.25) is 0 Å². The maximum atomic E-state index is 13.7. The molecule has 0 fully saturated rings. The van der Waals surface area contributed by atoms with Crippen molar-refractivity contribution >= 4 is 32.5 Å². The molecule has 0 saturated carbocycles. The minimum absolute atomic E-state index is 0.303. The van der Waals surface area contributed by atoms with E-state index >= 15 is 0 Å². The lowest BCUT2D eigenvalue weighted by Crippen LogP contribution is -2.01. The first-order valence-corrected chi connectivity index (χ1v) is 5.60. The molecule has 0 atom stereocenters. The first-order valence-electron chi connectivity index (χ1n) is 4.80. The topological polar surface area (TPSA) is 24.9 Å². The molecule has 2 nitrogen and oxygen atoms in total. The lowest BCUT2D eigenvalue weighted by molar-refractivity contribution is 0.592. The van der Waals surface area contributed by atoms with Crippen molar-refractivity contribution in [2.45, 2.75) is 6.92 Å². The smallest absolute Gasteiger partial charge is 0.137 e. The van der Waals surface area contributed by atoms with Gasteiger partial charge in [0.2, 0.25) is 0 Å². The molecule has 0 spiro atoms. The Bertz CT molecular complexity index is 543. The first-order chi connectivity index (χ1) is 7.63. The van der Waals surface area contributed by atoms with Gasteiger partial charge in [0, 0.05) is 28.7 Å². The molecule has 0 aliphatic rings. The van der Waals surface area contributed by atoms with Crippen LogP contribution in [0.25, 0.3) is 10.8 Å². The summed E-state index contributed by atoms with van der Waals surface area (Å²) < 4.78 is 27.3. The average molecular weight is 287 g/mol. The Hall–Kier alpha value is -1.23. The Labute approximate surface area is 99.8 Å². The zero-order valence-corrected chi connectivity index (χ0v) is 10.1. The van der Waals surface area contributed by atoms with Crippen molar-refractivity contribution in [3.05, 3.63) is 34.4 Å². The molecule has 84 valence electrons. The number of fused-ring (bicyclic) bond motifs is 1. The largest absolute Gasteiger partial charge is 0.370 e. The second kappa shape index (κ2) is 4.33. The number of hydrogen-bond acceptors (Lipinski definition) is 2. The van der Waals surface area contributed by atoms with Crippen molar-refractivity contribution in [3.63, 3.8) is 0 Å². The van der Waals surface area contributed by atoms with Crippen LogP contribution in [0.4, 0.5) is 14.6 Å². The molecule has 0 unspecified atom stereocenters. The van der Waals surface area contributed by atoms with Crippen molar-refractivity contribution in [1.29, 1.82) is 0 Å². The first kappa shape index (κ1) is 11.3. The molecule has 5 heteroatoms. The van der Waals surface area contributed by atoms with Gasteiger partial charge in [0.25, 0.3) is 0 Å². The molecule has 0 aliphatic carbocycles. The second-order valence-corrected chi connectivity index (χ2v) is 4.15. The third-order valence-corrected chi connectivity index (χ3v) is 2.83. The number of benzene rings is 1. The standard InChI is InChI=1S/C11H9BrF2N2/c1-2-15-11-10-7(8(12)5-16-11)3-6(13)4-9(10)14/h3-5H,2H2,1H3,(H,15,16). The summed E-state index contributed by atoms with van der Waals surface area (Å²) in [5, 5.41) is 3.72. The van der Waals surface area contributed by atoms with Crippen LogP contribution in [0.3, 0.4) is 0 Å². The summed E-state index contributed by atoms with van der Waals surface area (Å²) in [5.74, 6) is -0.780. The minimum atomic E-state index is -0.611. The van der Waals surface area contributed by atoms with Gasteiger partial charge in [0.15, 0.2) is 0 Å². The van der Waals surface area contributed by atoms with E-state index in [4.69, 9.17) is 0 Å². The zero-order valence-electron chi connectivity index (χ0n) is 8.52. The maximum absolute atomic E-state index is 13.7. The zero-order chi connectivity index (χ0) is 11.7. The van der Waals surface area contributed by atoms with Crippen LogP contribution in [0.15, 0.2) is 22.8 Å². The van der Waals surface area contributed by atoms with Crippen LogP contribution in [0.1, 0.15) is 6.92 Å². The molecule has 0 aliphatic heterocycles. The number of nitrogens with one attached hydrogen (secondary N) is 1. The van der Waals surface area contributed by atoms with Crippen LogP contribution >= 0.6 is 15.9 Å². The monoisotopic (exact) mass is 286 g/mol. The van der Waals surface area contributed by atoms with Gasteiger partial charge in [-0.2, -0.15) is 0 Å². The molecule has 0 amide bonds. The van der Waals surface area contributed by atoms with Crippen LogP contribution < -0.4 is 5.32 Å². The van der Waals surface area contributed by atoms with Crippen molar-refractivity contribution in [1.82, 2.24) is 4.98 Å². The number of rotatable bonds is 2. The van der Waals surface area contributed by atoms with Gasteiger partial charge in [-0.15, -0.1) is 0 Å². The van der Waals surface area contributed by atoms with Crippen LogP contribution in [-0.4, -0.2) is 11.5 Å². The predicted octanol–water partition coefficient (Wildman–Crippen LogP) is 3.71. The molecule has 1 N–H and O–H groups in total. The van der Waals surface area contributed by atoms with Crippen molar-refractivity contribution in [3.8, 4) is 0 Å². The van der Waals surface area contributed by atoms with Crippen LogP contribution in [0.2, 0.25) is 0 Å². The Morgan fingerprint density at radius 2 is 2.12 bits per heavy atom. The highest BCUT2D eigenvalue weighted by molar-refractivity contribution is 9.10. The maximum Gasteiger partial charge on any atom is 0.137 e. The Morgan fingerprint density at radius 1 is 1.38 bits per heavy atom. The molecule has 0 bridgehead atoms. The minimum Gasteiger partial charge on any atom is -0.370 e. The molecule has 2 aromatic rings. The molecule has 1 aromatic carbocycles. The lowest BCUT2D eigenvalue weighted by Gasteiger charge is -2.09. The summed E-state index contributed by atoms with van der Waals surface area (Å²) in [7, 11) is 0. The van der Waals surface area contributed by atoms with Crippen molar-refractivity contribution in [2.75, 3.05) is 11.9 Å². The number of pyridine rings is 1. The summed E-state index contributed by atoms with van der Waals surface area (Å²) in [4.78, 5) is 4.07. The van der Waals surface area contributed by atoms with Gasteiger partial charge < -0.3 is 5.32 Å². The summed E-state index contributed by atoms with van der Waals surface area (Å²) in [6.45, 7) is 2.51. The van der Waals surface area contributed by atoms with E-state index in [1.54, 1.807) is 0 Å². The number of halogens is 3. The van der Waals surface area contributed by atoms with Crippen LogP contribution in [-0.2, 0) is 0 Å². The van der Waals surface area contributed by atoms with E-state index in [9.17, 15) is 8.78 Å². The van der Waals surface area contributed by atoms with E-state index in [2.05, 4.69) is 26.2 Å². The average Bonchev–Trinajstić information content (AvgIpc) is 2.22. The molecular weight excluding hydrogens is 278 g/mol. The van der Waals surface area contributed by atoms with E-state index in [0.29, 0.717) is 27.6 Å². The molecule has 1 heterocycles. The SMILES string of the molecule is CCNc1ncc(Br)c2cc(F)cc(F)c12. The van der Waals surface area contributed by atoms with E-state index in [0.717, 1.165) is 6.07 Å². The number of aromatic nitrogens is 1. The summed E-state index contributed by atoms with van der Waals surface area (Å²) in [6, 6.07) is 2.14. The van der Waals surface area contributed by atoms with Gasteiger partial charge in [-0.1, -0.05) is 0 Å². The van der Waals surface area contributed by atoms with Crippen molar-refractivity contribution < 1.29 is 8.78 Å². The molecule has 0 saturated heterocycles.